The van der Waals surface area contributed by atoms with Crippen molar-refractivity contribution in [3.8, 4) is 22.9 Å². The van der Waals surface area contributed by atoms with Crippen LogP contribution in [0.5, 0.6) is 11.8 Å². The number of ether oxygens (including phenoxy) is 1. The Kier molecular flexibility index (Phi) is 4.50. The van der Waals surface area contributed by atoms with Crippen molar-refractivity contribution < 1.29 is 9.13 Å². The fourth-order valence-corrected chi connectivity index (χ4v) is 5.22. The summed E-state index contributed by atoms with van der Waals surface area (Å²) in [5.41, 5.74) is 5.41. The van der Waals surface area contributed by atoms with Gasteiger partial charge in [-0.3, -0.25) is 4.98 Å². The Bertz CT molecular complexity index is 1190. The Morgan fingerprint density at radius 2 is 2.12 bits per heavy atom. The molecule has 2 aromatic heterocycles. The van der Waals surface area contributed by atoms with Crippen molar-refractivity contribution in [2.24, 2.45) is 5.92 Å². The SMILES string of the molecule is CNc1cc(F)cc2c1Cc1nc(Oc3ccc(C)nc3)nc(N3CC4CNC(C4)C3)c1-2. The first-order valence-electron chi connectivity index (χ1n) is 11.1. The molecule has 2 unspecified atom stereocenters. The summed E-state index contributed by atoms with van der Waals surface area (Å²) in [7, 11) is 1.82. The number of pyridine rings is 1. The number of piperidine rings is 1. The summed E-state index contributed by atoms with van der Waals surface area (Å²) >= 11 is 0. The van der Waals surface area contributed by atoms with Gasteiger partial charge < -0.3 is 20.3 Å². The molecule has 7 nitrogen and oxygen atoms in total. The number of rotatable bonds is 4. The van der Waals surface area contributed by atoms with Gasteiger partial charge in [-0.1, -0.05) is 0 Å². The molecule has 2 N–H and O–H groups in total. The minimum atomic E-state index is -0.265. The van der Waals surface area contributed by atoms with Gasteiger partial charge in [0.05, 0.1) is 11.9 Å². The summed E-state index contributed by atoms with van der Waals surface area (Å²) in [6.07, 6.45) is 3.48. The van der Waals surface area contributed by atoms with Gasteiger partial charge in [-0.15, -0.1) is 0 Å². The lowest BCUT2D eigenvalue weighted by molar-refractivity contribution is 0.433. The van der Waals surface area contributed by atoms with Crippen LogP contribution in [0.3, 0.4) is 0 Å². The number of hydrogen-bond acceptors (Lipinski definition) is 7. The highest BCUT2D eigenvalue weighted by Crippen LogP contribution is 2.46. The van der Waals surface area contributed by atoms with Crippen molar-refractivity contribution in [1.29, 1.82) is 0 Å². The first-order chi connectivity index (χ1) is 15.6. The normalized spacial score (nSPS) is 20.8. The van der Waals surface area contributed by atoms with Gasteiger partial charge in [0.1, 0.15) is 17.4 Å². The predicted molar refractivity (Wildman–Crippen MR) is 121 cm³/mol. The molecule has 0 saturated carbocycles. The molecule has 1 aliphatic carbocycles. The minimum absolute atomic E-state index is 0.265. The fourth-order valence-electron chi connectivity index (χ4n) is 5.22. The maximum absolute atomic E-state index is 14.5. The molecule has 2 aliphatic heterocycles. The first-order valence-corrected chi connectivity index (χ1v) is 11.1. The van der Waals surface area contributed by atoms with Crippen LogP contribution in [0.2, 0.25) is 0 Å². The second kappa shape index (κ2) is 7.41. The number of anilines is 2. The number of fused-ring (bicyclic) bond motifs is 5. The maximum atomic E-state index is 14.5. The third-order valence-electron chi connectivity index (χ3n) is 6.67. The molecule has 0 spiro atoms. The summed E-state index contributed by atoms with van der Waals surface area (Å²) in [6.45, 7) is 4.75. The summed E-state index contributed by atoms with van der Waals surface area (Å²) < 4.78 is 20.5. The van der Waals surface area contributed by atoms with E-state index in [9.17, 15) is 4.39 Å². The van der Waals surface area contributed by atoms with E-state index in [1.54, 1.807) is 12.3 Å². The molecule has 2 bridgehead atoms. The van der Waals surface area contributed by atoms with Crippen LogP contribution in [-0.4, -0.2) is 47.7 Å². The van der Waals surface area contributed by atoms with Crippen LogP contribution in [0.15, 0.2) is 30.5 Å². The Hall–Kier alpha value is -3.26. The van der Waals surface area contributed by atoms with E-state index in [2.05, 4.69) is 20.5 Å². The van der Waals surface area contributed by atoms with E-state index in [1.165, 1.54) is 12.5 Å². The molecule has 4 heterocycles. The highest BCUT2D eigenvalue weighted by atomic mass is 19.1. The van der Waals surface area contributed by atoms with Crippen LogP contribution in [0, 0.1) is 18.7 Å². The average Bonchev–Trinajstić information content (AvgIpc) is 3.33. The molecular weight excluding hydrogens is 407 g/mol. The molecule has 2 saturated heterocycles. The molecule has 8 heteroatoms. The van der Waals surface area contributed by atoms with Crippen molar-refractivity contribution >= 4 is 11.5 Å². The quantitative estimate of drug-likeness (QED) is 0.511. The van der Waals surface area contributed by atoms with Crippen molar-refractivity contribution in [1.82, 2.24) is 20.3 Å². The molecular formula is C24H25FN6O. The molecule has 32 heavy (non-hydrogen) atoms. The van der Waals surface area contributed by atoms with E-state index in [-0.39, 0.29) is 5.82 Å². The van der Waals surface area contributed by atoms with Crippen molar-refractivity contribution in [3.63, 3.8) is 0 Å². The summed E-state index contributed by atoms with van der Waals surface area (Å²) in [5, 5.41) is 6.73. The molecule has 3 aromatic rings. The fraction of sp³-hybridized carbons (Fsp3) is 0.375. The van der Waals surface area contributed by atoms with Crippen molar-refractivity contribution in [2.45, 2.75) is 25.8 Å². The summed E-state index contributed by atoms with van der Waals surface area (Å²) in [6, 6.07) is 7.66. The number of halogens is 1. The second-order valence-corrected chi connectivity index (χ2v) is 8.91. The third-order valence-corrected chi connectivity index (χ3v) is 6.67. The van der Waals surface area contributed by atoms with E-state index in [4.69, 9.17) is 14.7 Å². The van der Waals surface area contributed by atoms with Crippen molar-refractivity contribution in [3.05, 3.63) is 53.2 Å². The van der Waals surface area contributed by atoms with E-state index in [0.717, 1.165) is 59.2 Å². The van der Waals surface area contributed by atoms with Crippen molar-refractivity contribution in [2.75, 3.05) is 36.9 Å². The number of benzene rings is 1. The van der Waals surface area contributed by atoms with Gasteiger partial charge in [0.15, 0.2) is 0 Å². The lowest BCUT2D eigenvalue weighted by atomic mass is 9.98. The van der Waals surface area contributed by atoms with Gasteiger partial charge in [-0.25, -0.2) is 4.39 Å². The molecule has 164 valence electrons. The van der Waals surface area contributed by atoms with Gasteiger partial charge in [-0.05, 0) is 54.7 Å². The standard InChI is InChI=1S/C24H25FN6O/c1-13-3-4-17(10-27-13)32-24-29-21-8-18-19(6-15(25)7-20(18)26-2)22(21)23(30-24)31-11-14-5-16(12-31)28-9-14/h3-4,6-7,10,14,16,26,28H,5,8-9,11-12H2,1-2H3. The summed E-state index contributed by atoms with van der Waals surface area (Å²) in [5.74, 6) is 1.75. The Balaban J connectivity index is 1.47. The molecule has 6 rings (SSSR count). The minimum Gasteiger partial charge on any atom is -0.423 e. The predicted octanol–water partition coefficient (Wildman–Crippen LogP) is 3.52. The Morgan fingerprint density at radius 3 is 2.91 bits per heavy atom. The monoisotopic (exact) mass is 432 g/mol. The molecule has 2 atom stereocenters. The van der Waals surface area contributed by atoms with Crippen LogP contribution in [-0.2, 0) is 6.42 Å². The van der Waals surface area contributed by atoms with Gasteiger partial charge in [0.2, 0.25) is 0 Å². The third kappa shape index (κ3) is 3.26. The van der Waals surface area contributed by atoms with E-state index >= 15 is 0 Å². The first kappa shape index (κ1) is 19.4. The average molecular weight is 433 g/mol. The molecule has 0 radical (unpaired) electrons. The zero-order chi connectivity index (χ0) is 21.8. The maximum Gasteiger partial charge on any atom is 0.324 e. The van der Waals surface area contributed by atoms with Crippen LogP contribution < -0.4 is 20.3 Å². The van der Waals surface area contributed by atoms with Crippen LogP contribution >= 0.6 is 0 Å². The number of nitrogens with zero attached hydrogens (tertiary/aromatic N) is 4. The highest BCUT2D eigenvalue weighted by Gasteiger charge is 2.37. The molecule has 3 aliphatic rings. The zero-order valence-electron chi connectivity index (χ0n) is 18.2. The van der Waals surface area contributed by atoms with Crippen LogP contribution in [0.1, 0.15) is 23.4 Å². The molecule has 1 aromatic carbocycles. The number of aryl methyl sites for hydroxylation is 1. The van der Waals surface area contributed by atoms with E-state index < -0.39 is 0 Å². The Labute approximate surface area is 186 Å². The Morgan fingerprint density at radius 1 is 1.22 bits per heavy atom. The van der Waals surface area contributed by atoms with Crippen LogP contribution in [0.25, 0.3) is 11.1 Å². The highest BCUT2D eigenvalue weighted by molar-refractivity contribution is 5.88. The smallest absolute Gasteiger partial charge is 0.324 e. The number of hydrogen-bond donors (Lipinski definition) is 2. The van der Waals surface area contributed by atoms with Gasteiger partial charge >= 0.3 is 6.01 Å². The van der Waals surface area contributed by atoms with Gasteiger partial charge in [0.25, 0.3) is 0 Å². The largest absolute Gasteiger partial charge is 0.423 e. The second-order valence-electron chi connectivity index (χ2n) is 8.91. The summed E-state index contributed by atoms with van der Waals surface area (Å²) in [4.78, 5) is 16.2. The molecule has 2 fully saturated rings. The van der Waals surface area contributed by atoms with Gasteiger partial charge in [0, 0.05) is 56.1 Å². The van der Waals surface area contributed by atoms with E-state index in [1.807, 2.05) is 26.1 Å². The van der Waals surface area contributed by atoms with E-state index in [0.29, 0.717) is 30.1 Å². The number of aromatic nitrogens is 3. The van der Waals surface area contributed by atoms with Crippen LogP contribution in [0.4, 0.5) is 15.9 Å². The lowest BCUT2D eigenvalue weighted by Gasteiger charge is -2.33. The lowest BCUT2D eigenvalue weighted by Crippen LogP contribution is -2.41. The number of nitrogens with one attached hydrogen (secondary N) is 2. The topological polar surface area (TPSA) is 75.2 Å². The van der Waals surface area contributed by atoms with Gasteiger partial charge in [-0.2, -0.15) is 9.97 Å². The zero-order valence-corrected chi connectivity index (χ0v) is 18.2. The molecule has 0 amide bonds.